The fourth-order valence-electron chi connectivity index (χ4n) is 4.36. The summed E-state index contributed by atoms with van der Waals surface area (Å²) in [5.74, 6) is -0.275. The number of rotatable bonds is 10. The lowest BCUT2D eigenvalue weighted by Gasteiger charge is -2.17. The number of aromatic nitrogens is 3. The first-order chi connectivity index (χ1) is 19.5. The Hall–Kier alpha value is -5.02. The third-order valence-corrected chi connectivity index (χ3v) is 6.42. The number of carbonyl (C=O) groups is 2. The zero-order valence-electron chi connectivity index (χ0n) is 21.8. The first-order valence-corrected chi connectivity index (χ1v) is 12.7. The third kappa shape index (κ3) is 6.16. The zero-order valence-corrected chi connectivity index (χ0v) is 21.8. The molecule has 0 aliphatic carbocycles. The molecule has 5 aromatic rings. The lowest BCUT2D eigenvalue weighted by molar-refractivity contribution is -0.147. The molecule has 40 heavy (non-hydrogen) atoms. The number of H-pyrrole nitrogens is 1. The van der Waals surface area contributed by atoms with Gasteiger partial charge in [-0.2, -0.15) is 0 Å². The number of nitrogens with one attached hydrogen (secondary N) is 2. The third-order valence-electron chi connectivity index (χ3n) is 6.42. The van der Waals surface area contributed by atoms with E-state index in [4.69, 9.17) is 9.47 Å². The van der Waals surface area contributed by atoms with E-state index in [1.807, 2.05) is 66.7 Å². The molecule has 1 amide bonds. The van der Waals surface area contributed by atoms with Gasteiger partial charge in [0.1, 0.15) is 11.6 Å². The molecule has 3 aromatic carbocycles. The maximum absolute atomic E-state index is 12.7. The van der Waals surface area contributed by atoms with Gasteiger partial charge in [-0.05, 0) is 28.8 Å². The molecule has 0 saturated heterocycles. The Morgan fingerprint density at radius 3 is 2.48 bits per heavy atom. The molecule has 202 valence electrons. The molecule has 2 heterocycles. The number of pyridine rings is 1. The predicted octanol–water partition coefficient (Wildman–Crippen LogP) is 4.41. The van der Waals surface area contributed by atoms with Crippen LogP contribution < -0.4 is 5.32 Å². The summed E-state index contributed by atoms with van der Waals surface area (Å²) in [5, 5.41) is 13.8. The van der Waals surface area contributed by atoms with Gasteiger partial charge in [0.05, 0.1) is 49.5 Å². The molecule has 2 aromatic heterocycles. The number of imidazole rings is 1. The van der Waals surface area contributed by atoms with Crippen LogP contribution in [-0.4, -0.2) is 51.7 Å². The molecular formula is C31H28N4O5. The van der Waals surface area contributed by atoms with Crippen molar-refractivity contribution in [2.24, 2.45) is 0 Å². The molecule has 1 atom stereocenters. The fraction of sp³-hybridized carbons (Fsp3) is 0.161. The normalized spacial score (nSPS) is 11.7. The summed E-state index contributed by atoms with van der Waals surface area (Å²) in [4.78, 5) is 36.8. The second-order valence-electron chi connectivity index (χ2n) is 9.20. The number of methoxy groups -OCH3 is 1. The average molecular weight is 537 g/mol. The molecule has 0 spiro atoms. The molecule has 0 aliphatic rings. The number of fused-ring (bicyclic) bond motifs is 1. The second kappa shape index (κ2) is 12.2. The molecule has 3 N–H and O–H groups in total. The number of ether oxygens (including phenoxy) is 2. The van der Waals surface area contributed by atoms with Crippen molar-refractivity contribution in [3.8, 4) is 28.3 Å². The Morgan fingerprint density at radius 2 is 1.73 bits per heavy atom. The minimum Gasteiger partial charge on any atom is -0.507 e. The maximum atomic E-state index is 12.7. The van der Waals surface area contributed by atoms with E-state index in [1.54, 1.807) is 24.5 Å². The number of hydrogen-bond acceptors (Lipinski definition) is 7. The van der Waals surface area contributed by atoms with Crippen LogP contribution in [0.4, 0.5) is 0 Å². The highest BCUT2D eigenvalue weighted by molar-refractivity contribution is 5.86. The first-order valence-electron chi connectivity index (χ1n) is 12.7. The molecule has 0 radical (unpaired) electrons. The lowest BCUT2D eigenvalue weighted by Crippen LogP contribution is -2.45. The van der Waals surface area contributed by atoms with Crippen LogP contribution in [0.15, 0.2) is 91.3 Å². The van der Waals surface area contributed by atoms with Gasteiger partial charge < -0.3 is 24.9 Å². The Kier molecular flexibility index (Phi) is 8.13. The van der Waals surface area contributed by atoms with E-state index < -0.39 is 12.0 Å². The van der Waals surface area contributed by atoms with Crippen molar-refractivity contribution < 1.29 is 24.2 Å². The van der Waals surface area contributed by atoms with Gasteiger partial charge in [0, 0.05) is 11.8 Å². The van der Waals surface area contributed by atoms with Crippen LogP contribution in [0.3, 0.4) is 0 Å². The number of nitrogens with zero attached hydrogens (tertiary/aromatic N) is 2. The summed E-state index contributed by atoms with van der Waals surface area (Å²) in [6, 6.07) is 23.2. The summed E-state index contributed by atoms with van der Waals surface area (Å²) in [6.07, 6.45) is 3.42. The standard InChI is InChI=1S/C31H28N4O5/c1-39-31(38)27(19-40-18-21-6-3-2-4-7-21)33-28(36)16-20-10-12-22(13-11-20)23-8-5-9-24(29(23)37)30-34-25-14-15-32-17-26(25)35-30/h2-15,17,27,37H,16,18-19H2,1H3,(H,33,36)(H,34,35). The van der Waals surface area contributed by atoms with Gasteiger partial charge in [-0.15, -0.1) is 0 Å². The summed E-state index contributed by atoms with van der Waals surface area (Å²) in [7, 11) is 1.27. The highest BCUT2D eigenvalue weighted by Gasteiger charge is 2.22. The number of aromatic hydroxyl groups is 1. The van der Waals surface area contributed by atoms with Gasteiger partial charge >= 0.3 is 5.97 Å². The van der Waals surface area contributed by atoms with E-state index in [9.17, 15) is 14.7 Å². The molecule has 0 aliphatic heterocycles. The van der Waals surface area contributed by atoms with Crippen LogP contribution in [0.2, 0.25) is 0 Å². The summed E-state index contributed by atoms with van der Waals surface area (Å²) in [6.45, 7) is 0.302. The van der Waals surface area contributed by atoms with E-state index in [0.717, 1.165) is 27.7 Å². The molecule has 9 heteroatoms. The number of esters is 1. The molecule has 0 saturated carbocycles. The topological polar surface area (TPSA) is 126 Å². The Morgan fingerprint density at radius 1 is 0.950 bits per heavy atom. The minimum atomic E-state index is -0.922. The highest BCUT2D eigenvalue weighted by atomic mass is 16.5. The molecular weight excluding hydrogens is 508 g/mol. The number of hydrogen-bond donors (Lipinski definition) is 3. The van der Waals surface area contributed by atoms with Crippen molar-refractivity contribution in [1.82, 2.24) is 20.3 Å². The SMILES string of the molecule is COC(=O)C(COCc1ccccc1)NC(=O)Cc1ccc(-c2cccc(-c3nc4ccncc4[nH]3)c2O)cc1. The van der Waals surface area contributed by atoms with Crippen molar-refractivity contribution in [3.63, 3.8) is 0 Å². The monoisotopic (exact) mass is 536 g/mol. The number of benzene rings is 3. The minimum absolute atomic E-state index is 0.0103. The Labute approximate surface area is 230 Å². The number of amides is 1. The highest BCUT2D eigenvalue weighted by Crippen LogP contribution is 2.37. The molecule has 0 fully saturated rings. The molecule has 0 bridgehead atoms. The summed E-state index contributed by atoms with van der Waals surface area (Å²) in [5.41, 5.74) is 5.23. The molecule has 9 nitrogen and oxygen atoms in total. The second-order valence-corrected chi connectivity index (χ2v) is 9.20. The van der Waals surface area contributed by atoms with Crippen LogP contribution in [0, 0.1) is 0 Å². The van der Waals surface area contributed by atoms with Crippen molar-refractivity contribution in [2.45, 2.75) is 19.1 Å². The van der Waals surface area contributed by atoms with Gasteiger partial charge in [0.2, 0.25) is 5.91 Å². The lowest BCUT2D eigenvalue weighted by atomic mass is 9.99. The predicted molar refractivity (Wildman–Crippen MR) is 150 cm³/mol. The smallest absolute Gasteiger partial charge is 0.330 e. The van der Waals surface area contributed by atoms with E-state index in [-0.39, 0.29) is 24.7 Å². The van der Waals surface area contributed by atoms with Gasteiger partial charge in [-0.1, -0.05) is 66.7 Å². The van der Waals surface area contributed by atoms with Crippen molar-refractivity contribution in [3.05, 3.63) is 102 Å². The number of phenolic OH excluding ortho intramolecular Hbond substituents is 1. The number of phenols is 1. The van der Waals surface area contributed by atoms with Crippen molar-refractivity contribution >= 4 is 22.9 Å². The Bertz CT molecular complexity index is 1580. The number of aromatic amines is 1. The van der Waals surface area contributed by atoms with E-state index >= 15 is 0 Å². The summed E-state index contributed by atoms with van der Waals surface area (Å²) < 4.78 is 10.5. The average Bonchev–Trinajstić information content (AvgIpc) is 3.41. The Balaban J connectivity index is 1.24. The van der Waals surface area contributed by atoms with Gasteiger partial charge in [-0.25, -0.2) is 9.78 Å². The van der Waals surface area contributed by atoms with E-state index in [2.05, 4.69) is 20.3 Å². The van der Waals surface area contributed by atoms with Crippen LogP contribution >= 0.6 is 0 Å². The zero-order chi connectivity index (χ0) is 27.9. The van der Waals surface area contributed by atoms with Crippen LogP contribution in [0.5, 0.6) is 5.75 Å². The molecule has 1 unspecified atom stereocenters. The van der Waals surface area contributed by atoms with Gasteiger partial charge in [0.25, 0.3) is 0 Å². The van der Waals surface area contributed by atoms with Crippen LogP contribution in [0.25, 0.3) is 33.5 Å². The first kappa shape index (κ1) is 26.6. The maximum Gasteiger partial charge on any atom is 0.330 e. The van der Waals surface area contributed by atoms with Gasteiger partial charge in [-0.3, -0.25) is 9.78 Å². The largest absolute Gasteiger partial charge is 0.507 e. The quantitative estimate of drug-likeness (QED) is 0.226. The number of carbonyl (C=O) groups excluding carboxylic acids is 2. The number of para-hydroxylation sites is 1. The van der Waals surface area contributed by atoms with Gasteiger partial charge in [0.15, 0.2) is 6.04 Å². The molecule has 5 rings (SSSR count). The van der Waals surface area contributed by atoms with Crippen molar-refractivity contribution in [2.75, 3.05) is 13.7 Å². The summed E-state index contributed by atoms with van der Waals surface area (Å²) >= 11 is 0. The van der Waals surface area contributed by atoms with E-state index in [0.29, 0.717) is 23.6 Å². The van der Waals surface area contributed by atoms with E-state index in [1.165, 1.54) is 7.11 Å². The van der Waals surface area contributed by atoms with Crippen molar-refractivity contribution in [1.29, 1.82) is 0 Å². The van der Waals surface area contributed by atoms with Crippen LogP contribution in [-0.2, 0) is 32.1 Å². The fourth-order valence-corrected chi connectivity index (χ4v) is 4.36. The van der Waals surface area contributed by atoms with Crippen LogP contribution in [0.1, 0.15) is 11.1 Å².